The Morgan fingerprint density at radius 2 is 1.86 bits per heavy atom. The topological polar surface area (TPSA) is 120 Å². The van der Waals surface area contributed by atoms with E-state index in [1.165, 1.54) is 0 Å². The van der Waals surface area contributed by atoms with Crippen LogP contribution in [0, 0.1) is 5.92 Å². The number of nitrogens with two attached hydrogens (primary N) is 1. The van der Waals surface area contributed by atoms with E-state index in [4.69, 9.17) is 5.73 Å². The molecule has 9 nitrogen and oxygen atoms in total. The van der Waals surface area contributed by atoms with Crippen LogP contribution in [-0.4, -0.2) is 69.2 Å². The number of nitrogen functional groups attached to an aromatic ring is 1. The minimum absolute atomic E-state index is 0.0949. The van der Waals surface area contributed by atoms with Crippen LogP contribution in [0.2, 0.25) is 0 Å². The molecular weight excluding hydrogens is 370 g/mol. The SMILES string of the molecule is Nc1nccc(NC2CC(C(=O)N3CCN(c4ccncc4)CC3)CCC2O)n1. The zero-order valence-corrected chi connectivity index (χ0v) is 16.3. The summed E-state index contributed by atoms with van der Waals surface area (Å²) in [6, 6.07) is 5.48. The number of hydrogen-bond donors (Lipinski definition) is 3. The molecule has 1 aliphatic carbocycles. The van der Waals surface area contributed by atoms with Crippen molar-refractivity contribution in [1.29, 1.82) is 0 Å². The van der Waals surface area contributed by atoms with E-state index in [2.05, 4.69) is 25.2 Å². The van der Waals surface area contributed by atoms with Crippen molar-refractivity contribution in [1.82, 2.24) is 19.9 Å². The van der Waals surface area contributed by atoms with Crippen LogP contribution in [0.5, 0.6) is 0 Å². The van der Waals surface area contributed by atoms with Gasteiger partial charge in [0.25, 0.3) is 0 Å². The number of pyridine rings is 1. The van der Waals surface area contributed by atoms with E-state index in [-0.39, 0.29) is 23.8 Å². The second-order valence-corrected chi connectivity index (χ2v) is 7.65. The van der Waals surface area contributed by atoms with E-state index < -0.39 is 6.10 Å². The molecule has 0 bridgehead atoms. The van der Waals surface area contributed by atoms with Crippen LogP contribution in [0.3, 0.4) is 0 Å². The van der Waals surface area contributed by atoms with E-state index in [0.29, 0.717) is 38.2 Å². The highest BCUT2D eigenvalue weighted by Gasteiger charge is 2.36. The van der Waals surface area contributed by atoms with Gasteiger partial charge in [0, 0.05) is 56.4 Å². The molecule has 1 aliphatic heterocycles. The maximum Gasteiger partial charge on any atom is 0.225 e. The summed E-state index contributed by atoms with van der Waals surface area (Å²) < 4.78 is 0. The number of nitrogens with zero attached hydrogens (tertiary/aromatic N) is 5. The Morgan fingerprint density at radius 3 is 2.59 bits per heavy atom. The molecule has 29 heavy (non-hydrogen) atoms. The lowest BCUT2D eigenvalue weighted by atomic mass is 9.82. The Balaban J connectivity index is 1.34. The number of rotatable bonds is 4. The highest BCUT2D eigenvalue weighted by molar-refractivity contribution is 5.79. The molecule has 2 aliphatic rings. The molecule has 3 unspecified atom stereocenters. The number of carbonyl (C=O) groups is 1. The molecule has 4 rings (SSSR count). The van der Waals surface area contributed by atoms with Gasteiger partial charge in [-0.15, -0.1) is 0 Å². The van der Waals surface area contributed by atoms with Crippen molar-refractivity contribution in [3.05, 3.63) is 36.8 Å². The fraction of sp³-hybridized carbons (Fsp3) is 0.500. The van der Waals surface area contributed by atoms with Crippen LogP contribution in [0.25, 0.3) is 0 Å². The zero-order chi connectivity index (χ0) is 20.2. The number of amides is 1. The summed E-state index contributed by atoms with van der Waals surface area (Å²) >= 11 is 0. The first-order chi connectivity index (χ1) is 14.1. The highest BCUT2D eigenvalue weighted by atomic mass is 16.3. The molecule has 9 heteroatoms. The molecule has 0 spiro atoms. The Bertz CT molecular complexity index is 827. The highest BCUT2D eigenvalue weighted by Crippen LogP contribution is 2.29. The van der Waals surface area contributed by atoms with Gasteiger partial charge in [0.2, 0.25) is 11.9 Å². The number of aliphatic hydroxyl groups excluding tert-OH is 1. The smallest absolute Gasteiger partial charge is 0.225 e. The standard InChI is InChI=1S/C20H27N7O2/c21-20-23-8-5-18(25-20)24-16-13-14(1-2-17(16)28)19(29)27-11-9-26(10-12-27)15-3-6-22-7-4-15/h3-8,14,16-17,28H,1-2,9-13H2,(H3,21,23,24,25). The summed E-state index contributed by atoms with van der Waals surface area (Å²) in [5.41, 5.74) is 6.77. The summed E-state index contributed by atoms with van der Waals surface area (Å²) in [7, 11) is 0. The van der Waals surface area contributed by atoms with Gasteiger partial charge in [-0.2, -0.15) is 4.98 Å². The maximum atomic E-state index is 13.1. The van der Waals surface area contributed by atoms with Crippen molar-refractivity contribution >= 4 is 23.4 Å². The molecule has 2 aromatic rings. The predicted octanol–water partition coefficient (Wildman–Crippen LogP) is 0.744. The van der Waals surface area contributed by atoms with E-state index in [1.54, 1.807) is 24.7 Å². The minimum atomic E-state index is -0.515. The maximum absolute atomic E-state index is 13.1. The molecule has 154 valence electrons. The Hall–Kier alpha value is -2.94. The lowest BCUT2D eigenvalue weighted by molar-refractivity contribution is -0.137. The summed E-state index contributed by atoms with van der Waals surface area (Å²) in [6.45, 7) is 3.04. The second-order valence-electron chi connectivity index (χ2n) is 7.65. The van der Waals surface area contributed by atoms with E-state index in [1.807, 2.05) is 17.0 Å². The van der Waals surface area contributed by atoms with Crippen LogP contribution < -0.4 is 16.0 Å². The molecular formula is C20H27N7O2. The number of aliphatic hydroxyl groups is 1. The van der Waals surface area contributed by atoms with Crippen molar-refractivity contribution in [2.24, 2.45) is 5.92 Å². The fourth-order valence-electron chi connectivity index (χ4n) is 4.18. The first-order valence-electron chi connectivity index (χ1n) is 10.1. The number of carbonyl (C=O) groups excluding carboxylic acids is 1. The zero-order valence-electron chi connectivity index (χ0n) is 16.3. The summed E-state index contributed by atoms with van der Waals surface area (Å²) in [5, 5.41) is 13.6. The van der Waals surface area contributed by atoms with Crippen molar-refractivity contribution < 1.29 is 9.90 Å². The van der Waals surface area contributed by atoms with Crippen LogP contribution in [-0.2, 0) is 4.79 Å². The predicted molar refractivity (Wildman–Crippen MR) is 110 cm³/mol. The number of nitrogens with one attached hydrogen (secondary N) is 1. The Kier molecular flexibility index (Phi) is 5.75. The average molecular weight is 397 g/mol. The van der Waals surface area contributed by atoms with Crippen molar-refractivity contribution in [3.8, 4) is 0 Å². The molecule has 3 atom stereocenters. The average Bonchev–Trinajstić information content (AvgIpc) is 2.76. The third-order valence-electron chi connectivity index (χ3n) is 5.79. The van der Waals surface area contributed by atoms with E-state index >= 15 is 0 Å². The third kappa shape index (κ3) is 4.56. The molecule has 1 saturated carbocycles. The number of anilines is 3. The summed E-state index contributed by atoms with van der Waals surface area (Å²) in [6.07, 6.45) is 6.51. The lowest BCUT2D eigenvalue weighted by Gasteiger charge is -2.40. The minimum Gasteiger partial charge on any atom is -0.391 e. The van der Waals surface area contributed by atoms with Gasteiger partial charge in [-0.3, -0.25) is 9.78 Å². The molecule has 4 N–H and O–H groups in total. The van der Waals surface area contributed by atoms with Crippen molar-refractivity contribution in [3.63, 3.8) is 0 Å². The number of hydrogen-bond acceptors (Lipinski definition) is 8. The van der Waals surface area contributed by atoms with Gasteiger partial charge in [-0.1, -0.05) is 0 Å². The number of piperazine rings is 1. The number of aromatic nitrogens is 3. The molecule has 2 fully saturated rings. The monoisotopic (exact) mass is 397 g/mol. The largest absolute Gasteiger partial charge is 0.391 e. The fourth-order valence-corrected chi connectivity index (χ4v) is 4.18. The molecule has 3 heterocycles. The van der Waals surface area contributed by atoms with Gasteiger partial charge in [0.1, 0.15) is 5.82 Å². The van der Waals surface area contributed by atoms with Crippen LogP contribution in [0.4, 0.5) is 17.5 Å². The second kappa shape index (κ2) is 8.60. The van der Waals surface area contributed by atoms with Crippen molar-refractivity contribution in [2.45, 2.75) is 31.4 Å². The molecule has 1 amide bonds. The third-order valence-corrected chi connectivity index (χ3v) is 5.79. The first-order valence-corrected chi connectivity index (χ1v) is 10.1. The van der Waals surface area contributed by atoms with Gasteiger partial charge in [-0.25, -0.2) is 4.98 Å². The molecule has 0 aromatic carbocycles. The lowest BCUT2D eigenvalue weighted by Crippen LogP contribution is -2.52. The molecule has 0 radical (unpaired) electrons. The van der Waals surface area contributed by atoms with Gasteiger partial charge in [0.05, 0.1) is 12.1 Å². The van der Waals surface area contributed by atoms with E-state index in [0.717, 1.165) is 18.8 Å². The normalized spacial score (nSPS) is 24.9. The van der Waals surface area contributed by atoms with Crippen LogP contribution in [0.15, 0.2) is 36.8 Å². The quantitative estimate of drug-likeness (QED) is 0.691. The first kappa shape index (κ1) is 19.4. The Morgan fingerprint density at radius 1 is 1.10 bits per heavy atom. The summed E-state index contributed by atoms with van der Waals surface area (Å²) in [5.74, 6) is 0.837. The van der Waals surface area contributed by atoms with Gasteiger partial charge in [-0.05, 0) is 37.5 Å². The van der Waals surface area contributed by atoms with Crippen molar-refractivity contribution in [2.75, 3.05) is 42.1 Å². The molecule has 1 saturated heterocycles. The molecule has 2 aromatic heterocycles. The summed E-state index contributed by atoms with van der Waals surface area (Å²) in [4.78, 5) is 29.4. The van der Waals surface area contributed by atoms with Gasteiger partial charge in [0.15, 0.2) is 0 Å². The van der Waals surface area contributed by atoms with Gasteiger partial charge < -0.3 is 26.0 Å². The van der Waals surface area contributed by atoms with Crippen LogP contribution >= 0.6 is 0 Å². The van der Waals surface area contributed by atoms with Gasteiger partial charge >= 0.3 is 0 Å². The Labute approximate surface area is 170 Å². The van der Waals surface area contributed by atoms with Crippen LogP contribution in [0.1, 0.15) is 19.3 Å². The van der Waals surface area contributed by atoms with E-state index in [9.17, 15) is 9.90 Å².